The van der Waals surface area contributed by atoms with Crippen molar-refractivity contribution in [1.29, 1.82) is 0 Å². The number of ether oxygens (including phenoxy) is 1. The van der Waals surface area contributed by atoms with E-state index in [9.17, 15) is 9.90 Å². The molecule has 116 valence electrons. The summed E-state index contributed by atoms with van der Waals surface area (Å²) < 4.78 is 5.64. The largest absolute Gasteiger partial charge is 0.506 e. The predicted octanol–water partition coefficient (Wildman–Crippen LogP) is 2.38. The number of likely N-dealkylation sites (tertiary alicyclic amines) is 1. The molecule has 1 aliphatic heterocycles. The number of rotatable bonds is 5. The molecule has 2 N–H and O–H groups in total. The smallest absolute Gasteiger partial charge is 0.258 e. The highest BCUT2D eigenvalue weighted by molar-refractivity contribution is 9.10. The molecule has 0 aliphatic carbocycles. The molecule has 1 aliphatic rings. The van der Waals surface area contributed by atoms with Gasteiger partial charge in [0.05, 0.1) is 11.6 Å². The van der Waals surface area contributed by atoms with Gasteiger partial charge in [-0.05, 0) is 54.0 Å². The van der Waals surface area contributed by atoms with Gasteiger partial charge in [0.15, 0.2) is 0 Å². The molecule has 1 fully saturated rings. The Bertz CT molecular complexity index is 522. The fourth-order valence-corrected chi connectivity index (χ4v) is 3.11. The average Bonchev–Trinajstić information content (AvgIpc) is 2.94. The highest BCUT2D eigenvalue weighted by atomic mass is 79.9. The molecule has 2 rings (SSSR count). The number of benzene rings is 1. The van der Waals surface area contributed by atoms with Crippen molar-refractivity contribution < 1.29 is 14.6 Å². The summed E-state index contributed by atoms with van der Waals surface area (Å²) in [4.78, 5) is 14.7. The summed E-state index contributed by atoms with van der Waals surface area (Å²) in [5.74, 6) is -0.0359. The highest BCUT2D eigenvalue weighted by Gasteiger charge is 2.25. The number of nitrogens with zero attached hydrogens (tertiary/aromatic N) is 1. The number of phenolic OH excluding ortho intramolecular Hbond substituents is 1. The molecule has 0 bridgehead atoms. The molecular weight excluding hydrogens is 336 g/mol. The van der Waals surface area contributed by atoms with Crippen molar-refractivity contribution in [3.05, 3.63) is 22.2 Å². The number of amides is 1. The first-order valence-corrected chi connectivity index (χ1v) is 7.95. The number of aromatic hydroxyl groups is 1. The molecule has 1 saturated heterocycles. The molecule has 0 aromatic heterocycles. The van der Waals surface area contributed by atoms with Gasteiger partial charge in [-0.1, -0.05) is 6.92 Å². The Hall–Kier alpha value is -1.27. The van der Waals surface area contributed by atoms with E-state index < -0.39 is 0 Å². The number of methoxy groups -OCH3 is 1. The van der Waals surface area contributed by atoms with Gasteiger partial charge in [0.1, 0.15) is 17.1 Å². The van der Waals surface area contributed by atoms with Crippen molar-refractivity contribution in [3.63, 3.8) is 0 Å². The van der Waals surface area contributed by atoms with Crippen molar-refractivity contribution >= 4 is 21.8 Å². The minimum Gasteiger partial charge on any atom is -0.506 e. The van der Waals surface area contributed by atoms with Gasteiger partial charge in [-0.2, -0.15) is 0 Å². The lowest BCUT2D eigenvalue weighted by Gasteiger charge is -2.23. The number of nitrogens with one attached hydrogen (secondary N) is 1. The number of hydrogen-bond acceptors (Lipinski definition) is 4. The van der Waals surface area contributed by atoms with Crippen LogP contribution in [0.15, 0.2) is 16.6 Å². The maximum absolute atomic E-state index is 12.4. The van der Waals surface area contributed by atoms with Crippen molar-refractivity contribution in [3.8, 4) is 11.5 Å². The summed E-state index contributed by atoms with van der Waals surface area (Å²) in [7, 11) is 1.48. The number of halogens is 1. The molecule has 1 heterocycles. The van der Waals surface area contributed by atoms with Gasteiger partial charge in [-0.25, -0.2) is 0 Å². The highest BCUT2D eigenvalue weighted by Crippen LogP contribution is 2.34. The third kappa shape index (κ3) is 3.49. The van der Waals surface area contributed by atoms with Gasteiger partial charge >= 0.3 is 0 Å². The first-order chi connectivity index (χ1) is 10.1. The second-order valence-corrected chi connectivity index (χ2v) is 5.96. The molecule has 0 unspecified atom stereocenters. The van der Waals surface area contributed by atoms with E-state index in [1.54, 1.807) is 12.1 Å². The fraction of sp³-hybridized carbons (Fsp3) is 0.533. The first-order valence-electron chi connectivity index (χ1n) is 7.16. The van der Waals surface area contributed by atoms with Crippen molar-refractivity contribution in [1.82, 2.24) is 10.2 Å². The lowest BCUT2D eigenvalue weighted by molar-refractivity contribution is 0.0935. The number of likely N-dealkylation sites (N-methyl/N-ethyl adjacent to an activating group) is 1. The first kappa shape index (κ1) is 16.1. The number of carbonyl (C=O) groups is 1. The fourth-order valence-electron chi connectivity index (χ4n) is 2.78. The second kappa shape index (κ2) is 7.13. The van der Waals surface area contributed by atoms with Crippen LogP contribution in [0.4, 0.5) is 0 Å². The molecule has 0 saturated carbocycles. The van der Waals surface area contributed by atoms with E-state index in [4.69, 9.17) is 4.74 Å². The zero-order chi connectivity index (χ0) is 15.4. The second-order valence-electron chi connectivity index (χ2n) is 5.11. The van der Waals surface area contributed by atoms with Crippen LogP contribution in [0.1, 0.15) is 30.1 Å². The third-order valence-corrected chi connectivity index (χ3v) is 4.58. The van der Waals surface area contributed by atoms with Crippen LogP contribution in [-0.2, 0) is 0 Å². The molecule has 1 aromatic rings. The monoisotopic (exact) mass is 356 g/mol. The lowest BCUT2D eigenvalue weighted by atomic mass is 10.1. The molecule has 21 heavy (non-hydrogen) atoms. The van der Waals surface area contributed by atoms with Crippen molar-refractivity contribution in [2.24, 2.45) is 0 Å². The molecular formula is C15H21BrN2O3. The summed E-state index contributed by atoms with van der Waals surface area (Å²) in [5, 5.41) is 13.0. The molecule has 1 atom stereocenters. The van der Waals surface area contributed by atoms with Crippen LogP contribution >= 0.6 is 15.9 Å². The van der Waals surface area contributed by atoms with E-state index in [0.29, 0.717) is 22.8 Å². The summed E-state index contributed by atoms with van der Waals surface area (Å²) in [5.41, 5.74) is 0.174. The van der Waals surface area contributed by atoms with Crippen LogP contribution in [0.2, 0.25) is 0 Å². The SMILES string of the molecule is CCN1CCC[C@@H]1CNC(=O)c1c(OC)ccc(Br)c1O. The van der Waals surface area contributed by atoms with Gasteiger partial charge in [-0.15, -0.1) is 0 Å². The Morgan fingerprint density at radius 1 is 1.57 bits per heavy atom. The van der Waals surface area contributed by atoms with Gasteiger partial charge in [-0.3, -0.25) is 9.69 Å². The van der Waals surface area contributed by atoms with E-state index in [1.165, 1.54) is 13.5 Å². The van der Waals surface area contributed by atoms with E-state index in [2.05, 4.69) is 33.1 Å². The molecule has 1 aromatic carbocycles. The number of phenols is 1. The minimum absolute atomic E-state index is 0.0920. The van der Waals surface area contributed by atoms with Gasteiger partial charge in [0.2, 0.25) is 0 Å². The van der Waals surface area contributed by atoms with Gasteiger partial charge in [0.25, 0.3) is 5.91 Å². The molecule has 5 nitrogen and oxygen atoms in total. The van der Waals surface area contributed by atoms with Crippen LogP contribution in [0.3, 0.4) is 0 Å². The quantitative estimate of drug-likeness (QED) is 0.850. The number of hydrogen-bond donors (Lipinski definition) is 2. The summed E-state index contributed by atoms with van der Waals surface area (Å²) in [6.45, 7) is 4.79. The molecule has 0 spiro atoms. The summed E-state index contributed by atoms with van der Waals surface area (Å²) in [6.07, 6.45) is 2.26. The van der Waals surface area contributed by atoms with Crippen LogP contribution in [0.5, 0.6) is 11.5 Å². The standard InChI is InChI=1S/C15H21BrN2O3/c1-3-18-8-4-5-10(18)9-17-15(20)13-12(21-2)7-6-11(16)14(13)19/h6-7,10,19H,3-5,8-9H2,1-2H3,(H,17,20)/t10-/m1/s1. The summed E-state index contributed by atoms with van der Waals surface area (Å²) >= 11 is 3.22. The normalized spacial score (nSPS) is 18.7. The van der Waals surface area contributed by atoms with Crippen LogP contribution in [-0.4, -0.2) is 48.7 Å². The van der Waals surface area contributed by atoms with Crippen LogP contribution in [0, 0.1) is 0 Å². The average molecular weight is 357 g/mol. The third-order valence-electron chi connectivity index (χ3n) is 3.94. The molecule has 6 heteroatoms. The predicted molar refractivity (Wildman–Crippen MR) is 85.0 cm³/mol. The molecule has 1 amide bonds. The van der Waals surface area contributed by atoms with Gasteiger partial charge in [0, 0.05) is 12.6 Å². The van der Waals surface area contributed by atoms with E-state index in [1.807, 2.05) is 0 Å². The Balaban J connectivity index is 2.08. The van der Waals surface area contributed by atoms with E-state index in [0.717, 1.165) is 19.5 Å². The van der Waals surface area contributed by atoms with Gasteiger partial charge < -0.3 is 15.2 Å². The maximum Gasteiger partial charge on any atom is 0.258 e. The zero-order valence-corrected chi connectivity index (χ0v) is 13.9. The Kier molecular flexibility index (Phi) is 5.47. The van der Waals surface area contributed by atoms with Crippen LogP contribution < -0.4 is 10.1 Å². The van der Waals surface area contributed by atoms with Crippen molar-refractivity contribution in [2.75, 3.05) is 26.7 Å². The Labute approximate surface area is 133 Å². The van der Waals surface area contributed by atoms with Crippen LogP contribution in [0.25, 0.3) is 0 Å². The topological polar surface area (TPSA) is 61.8 Å². The zero-order valence-electron chi connectivity index (χ0n) is 12.4. The Morgan fingerprint density at radius 2 is 2.33 bits per heavy atom. The van der Waals surface area contributed by atoms with E-state index >= 15 is 0 Å². The van der Waals surface area contributed by atoms with E-state index in [-0.39, 0.29) is 17.2 Å². The van der Waals surface area contributed by atoms with Crippen molar-refractivity contribution in [2.45, 2.75) is 25.8 Å². The molecule has 0 radical (unpaired) electrons. The Morgan fingerprint density at radius 3 is 3.00 bits per heavy atom. The number of carbonyl (C=O) groups excluding carboxylic acids is 1. The minimum atomic E-state index is -0.311. The lowest BCUT2D eigenvalue weighted by Crippen LogP contribution is -2.40. The summed E-state index contributed by atoms with van der Waals surface area (Å²) in [6, 6.07) is 3.69. The maximum atomic E-state index is 12.4.